The normalized spacial score (nSPS) is 26.2. The molecule has 1 atom stereocenters. The minimum Gasteiger partial charge on any atom is -0.293 e. The molecule has 0 saturated carbocycles. The predicted octanol–water partition coefficient (Wildman–Crippen LogP) is 1.86. The lowest BCUT2D eigenvalue weighted by Crippen LogP contribution is -2.10. The maximum absolute atomic E-state index is 10.7. The van der Waals surface area contributed by atoms with Gasteiger partial charge in [0.05, 0.1) is 0 Å². The van der Waals surface area contributed by atoms with Crippen molar-refractivity contribution in [3.63, 3.8) is 0 Å². The average Bonchev–Trinajstić information content (AvgIpc) is 1.80. The van der Waals surface area contributed by atoms with Crippen molar-refractivity contribution in [1.82, 2.24) is 0 Å². The van der Waals surface area contributed by atoms with Crippen LogP contribution in [0.25, 0.3) is 0 Å². The maximum atomic E-state index is 10.7. The van der Waals surface area contributed by atoms with Crippen LogP contribution in [0.3, 0.4) is 0 Å². The highest BCUT2D eigenvalue weighted by atomic mass is 35.5. The molecule has 0 aromatic rings. The molecular formula is C6H4Cl2O. The van der Waals surface area contributed by atoms with Crippen LogP contribution in [-0.2, 0) is 4.79 Å². The van der Waals surface area contributed by atoms with Crippen molar-refractivity contribution in [2.75, 3.05) is 0 Å². The van der Waals surface area contributed by atoms with Gasteiger partial charge in [-0.2, -0.15) is 0 Å². The summed E-state index contributed by atoms with van der Waals surface area (Å²) in [7, 11) is 0. The van der Waals surface area contributed by atoms with Crippen molar-refractivity contribution in [3.05, 3.63) is 23.3 Å². The van der Waals surface area contributed by atoms with E-state index in [1.165, 1.54) is 6.08 Å². The van der Waals surface area contributed by atoms with E-state index in [-0.39, 0.29) is 5.78 Å². The van der Waals surface area contributed by atoms with Crippen LogP contribution in [0.1, 0.15) is 0 Å². The fourth-order valence-electron chi connectivity index (χ4n) is 0.535. The first kappa shape index (κ1) is 6.84. The first-order valence-electron chi connectivity index (χ1n) is 2.43. The Morgan fingerprint density at radius 2 is 2.22 bits per heavy atom. The molecule has 0 bridgehead atoms. The molecule has 0 amide bonds. The summed E-state index contributed by atoms with van der Waals surface area (Å²) in [5, 5.41) is -0.0793. The zero-order chi connectivity index (χ0) is 6.85. The van der Waals surface area contributed by atoms with Crippen molar-refractivity contribution in [2.24, 2.45) is 0 Å². The van der Waals surface area contributed by atoms with Crippen molar-refractivity contribution < 1.29 is 4.79 Å². The lowest BCUT2D eigenvalue weighted by atomic mass is 10.2. The van der Waals surface area contributed by atoms with Gasteiger partial charge in [0.1, 0.15) is 5.38 Å². The van der Waals surface area contributed by atoms with E-state index in [1.807, 2.05) is 0 Å². The van der Waals surface area contributed by atoms with E-state index in [4.69, 9.17) is 23.2 Å². The molecule has 1 rings (SSSR count). The van der Waals surface area contributed by atoms with Crippen molar-refractivity contribution >= 4 is 29.0 Å². The predicted molar refractivity (Wildman–Crippen MR) is 37.7 cm³/mol. The van der Waals surface area contributed by atoms with Crippen LogP contribution >= 0.6 is 23.2 Å². The highest BCUT2D eigenvalue weighted by Crippen LogP contribution is 2.14. The highest BCUT2D eigenvalue weighted by Gasteiger charge is 2.12. The minimum atomic E-state index is -0.521. The third-order valence-electron chi connectivity index (χ3n) is 0.976. The second-order valence-electron chi connectivity index (χ2n) is 1.69. The van der Waals surface area contributed by atoms with E-state index in [0.717, 1.165) is 0 Å². The van der Waals surface area contributed by atoms with Crippen molar-refractivity contribution in [1.29, 1.82) is 0 Å². The lowest BCUT2D eigenvalue weighted by molar-refractivity contribution is -0.113. The Hall–Kier alpha value is -0.270. The van der Waals surface area contributed by atoms with Gasteiger partial charge in [-0.3, -0.25) is 4.79 Å². The van der Waals surface area contributed by atoms with E-state index in [0.29, 0.717) is 5.03 Å². The molecule has 9 heavy (non-hydrogen) atoms. The Kier molecular flexibility index (Phi) is 1.94. The van der Waals surface area contributed by atoms with Gasteiger partial charge in [-0.1, -0.05) is 17.7 Å². The summed E-state index contributed by atoms with van der Waals surface area (Å²) in [6.45, 7) is 0. The summed E-state index contributed by atoms with van der Waals surface area (Å²) in [5.74, 6) is -0.149. The molecule has 1 unspecified atom stereocenters. The first-order chi connectivity index (χ1) is 4.20. The average molecular weight is 163 g/mol. The summed E-state index contributed by atoms with van der Waals surface area (Å²) in [6, 6.07) is 0. The van der Waals surface area contributed by atoms with Crippen LogP contribution in [0.5, 0.6) is 0 Å². The van der Waals surface area contributed by atoms with Crippen LogP contribution in [0.2, 0.25) is 0 Å². The van der Waals surface area contributed by atoms with Gasteiger partial charge in [-0.05, 0) is 6.08 Å². The van der Waals surface area contributed by atoms with Gasteiger partial charge in [0.25, 0.3) is 0 Å². The van der Waals surface area contributed by atoms with Crippen LogP contribution in [-0.4, -0.2) is 11.2 Å². The summed E-state index contributed by atoms with van der Waals surface area (Å²) in [6.07, 6.45) is 4.49. The van der Waals surface area contributed by atoms with Crippen molar-refractivity contribution in [2.45, 2.75) is 5.38 Å². The lowest BCUT2D eigenvalue weighted by Gasteiger charge is -2.02. The molecule has 0 aromatic carbocycles. The van der Waals surface area contributed by atoms with E-state index < -0.39 is 5.38 Å². The third kappa shape index (κ3) is 1.57. The van der Waals surface area contributed by atoms with Gasteiger partial charge in [-0.15, -0.1) is 11.6 Å². The summed E-state index contributed by atoms with van der Waals surface area (Å²) in [4.78, 5) is 10.7. The molecule has 0 radical (unpaired) electrons. The highest BCUT2D eigenvalue weighted by molar-refractivity contribution is 6.39. The molecule has 3 heteroatoms. The smallest absolute Gasteiger partial charge is 0.178 e. The number of carbonyl (C=O) groups excluding carboxylic acids is 1. The molecule has 0 heterocycles. The fourth-order valence-corrected chi connectivity index (χ4v) is 0.851. The van der Waals surface area contributed by atoms with Gasteiger partial charge in [0.15, 0.2) is 5.78 Å². The number of ketones is 1. The number of halogens is 2. The summed E-state index contributed by atoms with van der Waals surface area (Å²) >= 11 is 11.0. The van der Waals surface area contributed by atoms with Crippen molar-refractivity contribution in [3.8, 4) is 0 Å². The van der Waals surface area contributed by atoms with Gasteiger partial charge in [0, 0.05) is 11.1 Å². The molecule has 48 valence electrons. The third-order valence-corrected chi connectivity index (χ3v) is 1.57. The number of carbonyl (C=O) groups is 1. The Balaban J connectivity index is 2.82. The molecule has 0 N–H and O–H groups in total. The Labute approximate surface area is 62.9 Å². The molecular weight excluding hydrogens is 159 g/mol. The fraction of sp³-hybridized carbons (Fsp3) is 0.167. The monoisotopic (exact) mass is 162 g/mol. The number of allylic oxidation sites excluding steroid dienone is 4. The Bertz CT molecular complexity index is 193. The zero-order valence-corrected chi connectivity index (χ0v) is 5.99. The van der Waals surface area contributed by atoms with Crippen LogP contribution in [0.4, 0.5) is 0 Å². The molecule has 1 aliphatic carbocycles. The second kappa shape index (κ2) is 2.54. The summed E-state index contributed by atoms with van der Waals surface area (Å²) < 4.78 is 0. The number of hydrogen-bond acceptors (Lipinski definition) is 1. The SMILES string of the molecule is O=C1C=C(Cl)C=CC1Cl. The maximum Gasteiger partial charge on any atom is 0.178 e. The van der Waals surface area contributed by atoms with Gasteiger partial charge < -0.3 is 0 Å². The second-order valence-corrected chi connectivity index (χ2v) is 2.60. The van der Waals surface area contributed by atoms with E-state index in [2.05, 4.69) is 0 Å². The van der Waals surface area contributed by atoms with Gasteiger partial charge in [-0.25, -0.2) is 0 Å². The molecule has 0 spiro atoms. The molecule has 0 fully saturated rings. The molecule has 0 aliphatic heterocycles. The first-order valence-corrected chi connectivity index (χ1v) is 3.25. The molecule has 0 saturated heterocycles. The van der Waals surface area contributed by atoms with Crippen LogP contribution in [0.15, 0.2) is 23.3 Å². The van der Waals surface area contributed by atoms with Crippen LogP contribution < -0.4 is 0 Å². The standard InChI is InChI=1S/C6H4Cl2O/c7-4-1-2-5(8)6(9)3-4/h1-3,5H. The number of hydrogen-bond donors (Lipinski definition) is 0. The van der Waals surface area contributed by atoms with E-state index in [1.54, 1.807) is 12.2 Å². The van der Waals surface area contributed by atoms with E-state index in [9.17, 15) is 4.79 Å². The van der Waals surface area contributed by atoms with Crippen LogP contribution in [0, 0.1) is 0 Å². The van der Waals surface area contributed by atoms with Gasteiger partial charge >= 0.3 is 0 Å². The minimum absolute atomic E-state index is 0.149. The zero-order valence-electron chi connectivity index (χ0n) is 4.47. The Morgan fingerprint density at radius 1 is 1.56 bits per heavy atom. The molecule has 1 nitrogen and oxygen atoms in total. The molecule has 1 aliphatic rings. The number of alkyl halides is 1. The Morgan fingerprint density at radius 3 is 2.67 bits per heavy atom. The number of rotatable bonds is 0. The van der Waals surface area contributed by atoms with E-state index >= 15 is 0 Å². The quantitative estimate of drug-likeness (QED) is 0.498. The molecule has 0 aromatic heterocycles. The largest absolute Gasteiger partial charge is 0.293 e. The summed E-state index contributed by atoms with van der Waals surface area (Å²) in [5.41, 5.74) is 0. The van der Waals surface area contributed by atoms with Gasteiger partial charge in [0.2, 0.25) is 0 Å². The topological polar surface area (TPSA) is 17.1 Å².